The Morgan fingerprint density at radius 1 is 0.568 bits per heavy atom. The van der Waals surface area contributed by atoms with E-state index in [4.69, 9.17) is 15.0 Å². The molecule has 3 nitrogen and oxygen atoms in total. The van der Waals surface area contributed by atoms with Crippen LogP contribution < -0.4 is 0 Å². The molecule has 0 N–H and O–H groups in total. The number of hydrogen-bond donors (Lipinski definition) is 0. The number of benzene rings is 5. The van der Waals surface area contributed by atoms with Crippen LogP contribution >= 0.6 is 0 Å². The van der Waals surface area contributed by atoms with Crippen LogP contribution in [0.3, 0.4) is 0 Å². The highest BCUT2D eigenvalue weighted by molar-refractivity contribution is 6.25. The molecule has 0 amide bonds. The van der Waals surface area contributed by atoms with Gasteiger partial charge in [-0.25, -0.2) is 15.0 Å². The summed E-state index contributed by atoms with van der Waals surface area (Å²) in [5, 5.41) is 7.75. The van der Waals surface area contributed by atoms with Gasteiger partial charge >= 0.3 is 0 Å². The van der Waals surface area contributed by atoms with Gasteiger partial charge in [0.1, 0.15) is 5.82 Å². The molecule has 1 heterocycles. The monoisotopic (exact) mass is 567 g/mol. The maximum atomic E-state index is 5.16. The average Bonchev–Trinajstić information content (AvgIpc) is 3.09. The second-order valence-corrected chi connectivity index (χ2v) is 12.1. The minimum Gasteiger partial charge on any atom is -0.213 e. The van der Waals surface area contributed by atoms with Crippen molar-refractivity contribution in [2.24, 2.45) is 11.8 Å². The summed E-state index contributed by atoms with van der Waals surface area (Å²) in [6, 6.07) is 34.7. The molecule has 5 aromatic carbocycles. The lowest BCUT2D eigenvalue weighted by Crippen LogP contribution is -2.16. The van der Waals surface area contributed by atoms with Crippen LogP contribution in [0.5, 0.6) is 0 Å². The van der Waals surface area contributed by atoms with Crippen LogP contribution in [0.15, 0.2) is 134 Å². The Kier molecular flexibility index (Phi) is 6.52. The molecule has 212 valence electrons. The molecule has 1 aromatic heterocycles. The van der Waals surface area contributed by atoms with Crippen LogP contribution in [0.25, 0.3) is 54.9 Å². The normalized spacial score (nSPS) is 19.8. The maximum absolute atomic E-state index is 5.16. The van der Waals surface area contributed by atoms with Crippen LogP contribution in [0.4, 0.5) is 0 Å². The Hall–Kier alpha value is -5.15. The summed E-state index contributed by atoms with van der Waals surface area (Å²) in [5.74, 6) is 3.06. The van der Waals surface area contributed by atoms with Gasteiger partial charge in [0, 0.05) is 17.1 Å². The van der Waals surface area contributed by atoms with Crippen LogP contribution in [-0.4, -0.2) is 15.0 Å². The fraction of sp³-hybridized carbons (Fsp3) is 0.146. The van der Waals surface area contributed by atoms with Crippen molar-refractivity contribution in [2.45, 2.75) is 26.2 Å². The van der Waals surface area contributed by atoms with Gasteiger partial charge < -0.3 is 0 Å². The molecule has 6 aromatic rings. The molecule has 2 aliphatic carbocycles. The maximum Gasteiger partial charge on any atom is 0.163 e. The van der Waals surface area contributed by atoms with Gasteiger partial charge in [-0.05, 0) is 73.9 Å². The Bertz CT molecular complexity index is 2150. The van der Waals surface area contributed by atoms with Gasteiger partial charge in [-0.3, -0.25) is 0 Å². The van der Waals surface area contributed by atoms with Crippen LogP contribution in [0.1, 0.15) is 43.4 Å². The van der Waals surface area contributed by atoms with Crippen molar-refractivity contribution < 1.29 is 0 Å². The molecular formula is C41H33N3. The largest absolute Gasteiger partial charge is 0.213 e. The fourth-order valence-corrected chi connectivity index (χ4v) is 6.80. The van der Waals surface area contributed by atoms with Crippen LogP contribution in [-0.2, 0) is 0 Å². The highest BCUT2D eigenvalue weighted by Crippen LogP contribution is 2.39. The fourth-order valence-electron chi connectivity index (χ4n) is 6.80. The lowest BCUT2D eigenvalue weighted by Gasteiger charge is -2.23. The molecule has 3 heteroatoms. The topological polar surface area (TPSA) is 38.7 Å². The van der Waals surface area contributed by atoms with Crippen LogP contribution in [0, 0.1) is 11.8 Å². The highest BCUT2D eigenvalue weighted by Gasteiger charge is 2.25. The first-order valence-corrected chi connectivity index (χ1v) is 15.6. The molecule has 3 unspecified atom stereocenters. The summed E-state index contributed by atoms with van der Waals surface area (Å²) in [5.41, 5.74) is 4.60. The lowest BCUT2D eigenvalue weighted by atomic mass is 9.85. The number of fused-ring (bicyclic) bond motifs is 6. The van der Waals surface area contributed by atoms with E-state index in [0.717, 1.165) is 35.0 Å². The van der Waals surface area contributed by atoms with Crippen LogP contribution in [0.2, 0.25) is 0 Å². The van der Waals surface area contributed by atoms with Gasteiger partial charge in [-0.2, -0.15) is 0 Å². The minimum atomic E-state index is 0.113. The third kappa shape index (κ3) is 4.57. The summed E-state index contributed by atoms with van der Waals surface area (Å²) in [7, 11) is 0. The standard InChI is InChI=1S/C41H33N3/c1-26-12-6-7-15-31(26)40-42-39(28-13-4-3-5-14-28)43-41(44-40)37-24-29(21-20-27(37)2)30-22-23-36-34-18-9-8-16-32(34)33-17-10-11-19-35(33)38(36)25-30/h3-19,21-27,31H,20H2,1-2H3. The first-order chi connectivity index (χ1) is 21.6. The SMILES string of the molecule is CC1CC=C(c2ccc3c4ccccc4c4ccccc4c3c2)C=C1c1nc(-c2ccccc2)nc(C2C=CC=CC2C)n1. The smallest absolute Gasteiger partial charge is 0.163 e. The number of rotatable bonds is 4. The molecule has 0 aliphatic heterocycles. The number of aromatic nitrogens is 3. The molecule has 0 bridgehead atoms. The van der Waals surface area contributed by atoms with E-state index in [1.165, 1.54) is 43.5 Å². The van der Waals surface area contributed by atoms with E-state index in [1.807, 2.05) is 18.2 Å². The van der Waals surface area contributed by atoms with Crippen molar-refractivity contribution in [3.05, 3.63) is 151 Å². The first kappa shape index (κ1) is 26.5. The predicted molar refractivity (Wildman–Crippen MR) is 184 cm³/mol. The summed E-state index contributed by atoms with van der Waals surface area (Å²) in [4.78, 5) is 15.3. The van der Waals surface area contributed by atoms with Gasteiger partial charge in [-0.1, -0.05) is 135 Å². The molecule has 44 heavy (non-hydrogen) atoms. The van der Waals surface area contributed by atoms with E-state index in [2.05, 4.69) is 129 Å². The summed E-state index contributed by atoms with van der Waals surface area (Å²) in [6.07, 6.45) is 14.3. The summed E-state index contributed by atoms with van der Waals surface area (Å²) >= 11 is 0. The van der Waals surface area contributed by atoms with Crippen molar-refractivity contribution in [3.8, 4) is 11.4 Å². The quantitative estimate of drug-likeness (QED) is 0.199. The molecule has 0 spiro atoms. The predicted octanol–water partition coefficient (Wildman–Crippen LogP) is 10.4. The first-order valence-electron chi connectivity index (χ1n) is 15.6. The molecule has 8 rings (SSSR count). The zero-order valence-corrected chi connectivity index (χ0v) is 25.0. The van der Waals surface area contributed by atoms with E-state index in [-0.39, 0.29) is 5.92 Å². The number of hydrogen-bond acceptors (Lipinski definition) is 3. The van der Waals surface area contributed by atoms with Crippen molar-refractivity contribution in [1.29, 1.82) is 0 Å². The highest BCUT2D eigenvalue weighted by atomic mass is 15.0. The second-order valence-electron chi connectivity index (χ2n) is 12.1. The third-order valence-corrected chi connectivity index (χ3v) is 9.26. The summed E-state index contributed by atoms with van der Waals surface area (Å²) in [6.45, 7) is 4.50. The molecule has 0 fully saturated rings. The molecular weight excluding hydrogens is 534 g/mol. The Morgan fingerprint density at radius 2 is 1.18 bits per heavy atom. The zero-order chi connectivity index (χ0) is 29.6. The zero-order valence-electron chi connectivity index (χ0n) is 25.0. The van der Waals surface area contributed by atoms with Gasteiger partial charge in [0.15, 0.2) is 11.6 Å². The molecule has 2 aliphatic rings. The molecule has 0 saturated heterocycles. The van der Waals surface area contributed by atoms with Gasteiger partial charge in [0.25, 0.3) is 0 Å². The summed E-state index contributed by atoms with van der Waals surface area (Å²) < 4.78 is 0. The average molecular weight is 568 g/mol. The Balaban J connectivity index is 1.27. The van der Waals surface area contributed by atoms with Gasteiger partial charge in [-0.15, -0.1) is 0 Å². The molecule has 0 saturated carbocycles. The van der Waals surface area contributed by atoms with E-state index in [9.17, 15) is 0 Å². The number of allylic oxidation sites excluding steroid dienone is 8. The molecule has 3 atom stereocenters. The van der Waals surface area contributed by atoms with Crippen molar-refractivity contribution in [3.63, 3.8) is 0 Å². The van der Waals surface area contributed by atoms with Gasteiger partial charge in [0.05, 0.1) is 0 Å². The van der Waals surface area contributed by atoms with E-state index < -0.39 is 0 Å². The van der Waals surface area contributed by atoms with Crippen molar-refractivity contribution in [2.75, 3.05) is 0 Å². The minimum absolute atomic E-state index is 0.113. The number of nitrogens with zero attached hydrogens (tertiary/aromatic N) is 3. The molecule has 0 radical (unpaired) electrons. The van der Waals surface area contributed by atoms with Crippen molar-refractivity contribution >= 4 is 43.5 Å². The second kappa shape index (κ2) is 10.8. The third-order valence-electron chi connectivity index (χ3n) is 9.26. The van der Waals surface area contributed by atoms with E-state index >= 15 is 0 Å². The van der Waals surface area contributed by atoms with E-state index in [1.54, 1.807) is 0 Å². The lowest BCUT2D eigenvalue weighted by molar-refractivity contribution is 0.596. The van der Waals surface area contributed by atoms with E-state index in [0.29, 0.717) is 11.8 Å². The van der Waals surface area contributed by atoms with Crippen molar-refractivity contribution in [1.82, 2.24) is 15.0 Å². The van der Waals surface area contributed by atoms with Gasteiger partial charge in [0.2, 0.25) is 0 Å². The Morgan fingerprint density at radius 3 is 1.89 bits per heavy atom. The Labute approximate surface area is 258 Å².